The summed E-state index contributed by atoms with van der Waals surface area (Å²) in [6, 6.07) is 4.31. The van der Waals surface area contributed by atoms with Crippen molar-refractivity contribution in [1.82, 2.24) is 15.5 Å². The maximum absolute atomic E-state index is 11.7. The van der Waals surface area contributed by atoms with E-state index in [1.165, 1.54) is 24.6 Å². The number of amides is 1. The van der Waals surface area contributed by atoms with Crippen LogP contribution in [-0.2, 0) is 6.42 Å². The number of nitrogens with one attached hydrogen (secondary N) is 1. The largest absolute Gasteiger partial charge is 0.507 e. The van der Waals surface area contributed by atoms with E-state index < -0.39 is 0 Å². The number of phenols is 1. The number of benzene rings is 1. The summed E-state index contributed by atoms with van der Waals surface area (Å²) in [7, 11) is 0. The topological polar surface area (TPSA) is 88.3 Å². The number of hydrogen-bond acceptors (Lipinski definition) is 5. The lowest BCUT2D eigenvalue weighted by Crippen LogP contribution is -2.26. The van der Waals surface area contributed by atoms with Crippen LogP contribution in [0, 0.1) is 0 Å². The highest BCUT2D eigenvalue weighted by Gasteiger charge is 2.11. The van der Waals surface area contributed by atoms with Gasteiger partial charge in [0.1, 0.15) is 5.75 Å². The Labute approximate surface area is 108 Å². The van der Waals surface area contributed by atoms with Gasteiger partial charge in [-0.15, -0.1) is 0 Å². The van der Waals surface area contributed by atoms with E-state index >= 15 is 0 Å². The van der Waals surface area contributed by atoms with Crippen molar-refractivity contribution in [1.29, 1.82) is 0 Å². The van der Waals surface area contributed by atoms with Crippen LogP contribution in [0.25, 0.3) is 0 Å². The Morgan fingerprint density at radius 2 is 2.33 bits per heavy atom. The molecular weight excluding hydrogens is 258 g/mol. The second-order valence-corrected chi connectivity index (χ2v) is 3.95. The third-order valence-electron chi connectivity index (χ3n) is 2.25. The molecule has 1 aromatic carbocycles. The fourth-order valence-corrected chi connectivity index (χ4v) is 1.55. The minimum Gasteiger partial charge on any atom is -0.507 e. The minimum atomic E-state index is -0.382. The molecule has 1 aromatic heterocycles. The summed E-state index contributed by atoms with van der Waals surface area (Å²) < 4.78 is 4.56. The van der Waals surface area contributed by atoms with Gasteiger partial charge in [0, 0.05) is 18.0 Å². The second-order valence-electron chi connectivity index (χ2n) is 3.51. The molecule has 0 spiro atoms. The van der Waals surface area contributed by atoms with E-state index in [4.69, 9.17) is 11.6 Å². The van der Waals surface area contributed by atoms with E-state index in [9.17, 15) is 9.90 Å². The number of phenolic OH excluding ortho intramolecular Hbond substituents is 1. The Morgan fingerprint density at radius 1 is 1.50 bits per heavy atom. The van der Waals surface area contributed by atoms with Crippen molar-refractivity contribution in [2.45, 2.75) is 6.42 Å². The summed E-state index contributed by atoms with van der Waals surface area (Å²) in [4.78, 5) is 15.5. The number of aromatic nitrogens is 2. The van der Waals surface area contributed by atoms with Crippen molar-refractivity contribution >= 4 is 17.5 Å². The lowest BCUT2D eigenvalue weighted by atomic mass is 10.2. The van der Waals surface area contributed by atoms with Gasteiger partial charge in [0.25, 0.3) is 5.91 Å². The number of carbonyl (C=O) groups is 1. The maximum Gasteiger partial charge on any atom is 0.255 e. The molecule has 0 fully saturated rings. The maximum atomic E-state index is 11.7. The summed E-state index contributed by atoms with van der Waals surface area (Å²) in [6.07, 6.45) is 1.68. The first-order chi connectivity index (χ1) is 8.66. The predicted octanol–water partition coefficient (Wildman–Crippen LogP) is 1.40. The van der Waals surface area contributed by atoms with Gasteiger partial charge < -0.3 is 14.9 Å². The average Bonchev–Trinajstić information content (AvgIpc) is 2.81. The quantitative estimate of drug-likeness (QED) is 0.874. The van der Waals surface area contributed by atoms with Crippen LogP contribution >= 0.6 is 11.6 Å². The molecule has 1 amide bonds. The molecule has 0 bridgehead atoms. The molecule has 0 atom stereocenters. The molecule has 0 aliphatic rings. The Bertz CT molecular complexity index is 542. The summed E-state index contributed by atoms with van der Waals surface area (Å²) >= 11 is 5.67. The predicted molar refractivity (Wildman–Crippen MR) is 63.5 cm³/mol. The lowest BCUT2D eigenvalue weighted by Gasteiger charge is -2.05. The molecule has 0 unspecified atom stereocenters. The highest BCUT2D eigenvalue weighted by molar-refractivity contribution is 6.30. The molecule has 0 aliphatic carbocycles. The third kappa shape index (κ3) is 2.98. The van der Waals surface area contributed by atoms with Crippen LogP contribution < -0.4 is 5.32 Å². The summed E-state index contributed by atoms with van der Waals surface area (Å²) in [5, 5.41) is 16.2. The van der Waals surface area contributed by atoms with Gasteiger partial charge in [0.2, 0.25) is 6.39 Å². The summed E-state index contributed by atoms with van der Waals surface area (Å²) in [6.45, 7) is 0.348. The number of nitrogens with zero attached hydrogens (tertiary/aromatic N) is 2. The van der Waals surface area contributed by atoms with Crippen LogP contribution in [-0.4, -0.2) is 27.7 Å². The van der Waals surface area contributed by atoms with E-state index in [-0.39, 0.29) is 17.2 Å². The number of rotatable bonds is 4. The monoisotopic (exact) mass is 267 g/mol. The van der Waals surface area contributed by atoms with Crippen LogP contribution in [0.15, 0.2) is 29.1 Å². The van der Waals surface area contributed by atoms with E-state index in [1.807, 2.05) is 0 Å². The molecule has 2 rings (SSSR count). The number of hydrogen-bond donors (Lipinski definition) is 2. The zero-order valence-corrected chi connectivity index (χ0v) is 10.0. The molecular formula is C11H10ClN3O3. The van der Waals surface area contributed by atoms with E-state index in [0.717, 1.165) is 0 Å². The number of carbonyl (C=O) groups excluding carboxylic acids is 1. The zero-order chi connectivity index (χ0) is 13.0. The van der Waals surface area contributed by atoms with Crippen molar-refractivity contribution < 1.29 is 14.4 Å². The molecule has 0 radical (unpaired) electrons. The average molecular weight is 268 g/mol. The van der Waals surface area contributed by atoms with Gasteiger partial charge >= 0.3 is 0 Å². The van der Waals surface area contributed by atoms with Gasteiger partial charge in [-0.1, -0.05) is 16.8 Å². The standard InChI is InChI=1S/C11H10ClN3O3/c12-7-1-2-8(9(16)5-7)11(17)13-4-3-10-14-6-18-15-10/h1-2,5-6,16H,3-4H2,(H,13,17). The highest BCUT2D eigenvalue weighted by Crippen LogP contribution is 2.21. The summed E-state index contributed by atoms with van der Waals surface area (Å²) in [5.41, 5.74) is 0.174. The van der Waals surface area contributed by atoms with Crippen LogP contribution in [0.4, 0.5) is 0 Å². The van der Waals surface area contributed by atoms with Crippen LogP contribution in [0.2, 0.25) is 5.02 Å². The first-order valence-electron chi connectivity index (χ1n) is 5.19. The number of halogens is 1. The zero-order valence-electron chi connectivity index (χ0n) is 9.26. The highest BCUT2D eigenvalue weighted by atomic mass is 35.5. The van der Waals surface area contributed by atoms with E-state index in [1.54, 1.807) is 0 Å². The molecule has 0 aliphatic heterocycles. The first-order valence-corrected chi connectivity index (χ1v) is 5.56. The fourth-order valence-electron chi connectivity index (χ4n) is 1.38. The van der Waals surface area contributed by atoms with Crippen molar-refractivity contribution in [2.24, 2.45) is 0 Å². The Balaban J connectivity index is 1.91. The Kier molecular flexibility index (Phi) is 3.78. The molecule has 2 N–H and O–H groups in total. The smallest absolute Gasteiger partial charge is 0.255 e. The van der Waals surface area contributed by atoms with Gasteiger partial charge in [-0.25, -0.2) is 0 Å². The van der Waals surface area contributed by atoms with Gasteiger partial charge in [0.05, 0.1) is 5.56 Å². The first kappa shape index (κ1) is 12.4. The molecule has 94 valence electrons. The SMILES string of the molecule is O=C(NCCc1ncon1)c1ccc(Cl)cc1O. The Morgan fingerprint density at radius 3 is 3.00 bits per heavy atom. The molecule has 0 saturated carbocycles. The molecule has 0 saturated heterocycles. The van der Waals surface area contributed by atoms with Crippen molar-refractivity contribution in [2.75, 3.05) is 6.54 Å². The number of aromatic hydroxyl groups is 1. The van der Waals surface area contributed by atoms with Crippen molar-refractivity contribution in [3.63, 3.8) is 0 Å². The molecule has 1 heterocycles. The normalized spacial score (nSPS) is 10.3. The molecule has 7 heteroatoms. The lowest BCUT2D eigenvalue weighted by molar-refractivity contribution is 0.0951. The molecule has 2 aromatic rings. The van der Waals surface area contributed by atoms with Gasteiger partial charge in [-0.3, -0.25) is 4.79 Å². The minimum absolute atomic E-state index is 0.153. The molecule has 18 heavy (non-hydrogen) atoms. The van der Waals surface area contributed by atoms with E-state index in [2.05, 4.69) is 20.0 Å². The van der Waals surface area contributed by atoms with Crippen LogP contribution in [0.1, 0.15) is 16.2 Å². The van der Waals surface area contributed by atoms with E-state index in [0.29, 0.717) is 23.8 Å². The van der Waals surface area contributed by atoms with Crippen molar-refractivity contribution in [3.8, 4) is 5.75 Å². The van der Waals surface area contributed by atoms with Crippen LogP contribution in [0.5, 0.6) is 5.75 Å². The van der Waals surface area contributed by atoms with Crippen molar-refractivity contribution in [3.05, 3.63) is 41.0 Å². The Hall–Kier alpha value is -2.08. The molecule has 6 nitrogen and oxygen atoms in total. The van der Waals surface area contributed by atoms with Gasteiger partial charge in [0.15, 0.2) is 5.82 Å². The van der Waals surface area contributed by atoms with Gasteiger partial charge in [-0.2, -0.15) is 4.98 Å². The summed E-state index contributed by atoms with van der Waals surface area (Å²) in [5.74, 6) is -0.0251. The third-order valence-corrected chi connectivity index (χ3v) is 2.48. The fraction of sp³-hybridized carbons (Fsp3) is 0.182. The van der Waals surface area contributed by atoms with Gasteiger partial charge in [-0.05, 0) is 18.2 Å². The van der Waals surface area contributed by atoms with Crippen LogP contribution in [0.3, 0.4) is 0 Å². The second kappa shape index (κ2) is 5.50.